The van der Waals surface area contributed by atoms with Gasteiger partial charge in [0.15, 0.2) is 0 Å². The summed E-state index contributed by atoms with van der Waals surface area (Å²) in [4.78, 5) is 0. The van der Waals surface area contributed by atoms with Crippen molar-refractivity contribution < 1.29 is 0 Å². The Hall–Kier alpha value is 1.36. The first kappa shape index (κ1) is 15.4. The van der Waals surface area contributed by atoms with Gasteiger partial charge in [-0.1, -0.05) is 22.5 Å². The third-order valence-electron chi connectivity index (χ3n) is 1.01. The van der Waals surface area contributed by atoms with Crippen LogP contribution in [0.2, 0.25) is 0 Å². The van der Waals surface area contributed by atoms with Crippen LogP contribution in [0.25, 0.3) is 0 Å². The molecule has 2 unspecified atom stereocenters. The van der Waals surface area contributed by atoms with Gasteiger partial charge in [-0.25, -0.2) is 0 Å². The van der Waals surface area contributed by atoms with Crippen molar-refractivity contribution in [1.29, 1.82) is 0 Å². The Morgan fingerprint density at radius 1 is 0.714 bits per heavy atom. The molecule has 2 atom stereocenters. The maximum atomic E-state index is 6.21. The van der Waals surface area contributed by atoms with E-state index in [1.165, 1.54) is 0 Å². The van der Waals surface area contributed by atoms with Crippen molar-refractivity contribution in [2.45, 2.75) is 52.6 Å². The van der Waals surface area contributed by atoms with E-state index in [-0.39, 0.29) is 11.1 Å². The van der Waals surface area contributed by atoms with Gasteiger partial charge in [0.05, 0.1) is 0 Å². The zero-order chi connectivity index (χ0) is 11.6. The standard InChI is InChI=1S/C8H20Cl2N2P2/c1-7(2,3)11-13(9)14(10)12-8(4,5)6/h11-12H,1-6H3. The average Bonchev–Trinajstić information content (AvgIpc) is 1.78. The van der Waals surface area contributed by atoms with Gasteiger partial charge in [0.2, 0.25) is 0 Å². The number of rotatable bonds is 3. The maximum Gasteiger partial charge on any atom is 0.117 e. The van der Waals surface area contributed by atoms with Crippen LogP contribution in [0, 0.1) is 0 Å². The maximum absolute atomic E-state index is 6.21. The molecule has 0 spiro atoms. The van der Waals surface area contributed by atoms with Crippen LogP contribution in [0.3, 0.4) is 0 Å². The summed E-state index contributed by atoms with van der Waals surface area (Å²) in [6.45, 7) is 12.5. The molecule has 14 heavy (non-hydrogen) atoms. The van der Waals surface area contributed by atoms with Gasteiger partial charge in [-0.2, -0.15) is 0 Å². The van der Waals surface area contributed by atoms with Crippen LogP contribution in [-0.4, -0.2) is 11.1 Å². The third-order valence-corrected chi connectivity index (χ3v) is 8.48. The predicted molar refractivity (Wildman–Crippen MR) is 71.3 cm³/mol. The van der Waals surface area contributed by atoms with Gasteiger partial charge in [0, 0.05) is 11.1 Å². The van der Waals surface area contributed by atoms with Crippen molar-refractivity contribution in [3.8, 4) is 0 Å². The Kier molecular flexibility index (Phi) is 6.16. The summed E-state index contributed by atoms with van der Waals surface area (Å²) in [5.41, 5.74) is 0.0327. The highest BCUT2D eigenvalue weighted by Crippen LogP contribution is 2.71. The lowest BCUT2D eigenvalue weighted by Crippen LogP contribution is -2.33. The summed E-state index contributed by atoms with van der Waals surface area (Å²) >= 11 is 12.4. The molecule has 0 aliphatic rings. The average molecular weight is 277 g/mol. The molecule has 0 saturated carbocycles. The lowest BCUT2D eigenvalue weighted by molar-refractivity contribution is 0.527. The highest BCUT2D eigenvalue weighted by atomic mass is 35.7. The molecule has 0 aromatic carbocycles. The van der Waals surface area contributed by atoms with Crippen LogP contribution < -0.4 is 10.2 Å². The van der Waals surface area contributed by atoms with Gasteiger partial charge < -0.3 is 0 Å². The van der Waals surface area contributed by atoms with E-state index in [4.69, 9.17) is 22.5 Å². The lowest BCUT2D eigenvalue weighted by atomic mass is 10.1. The molecule has 0 amide bonds. The van der Waals surface area contributed by atoms with Crippen molar-refractivity contribution in [1.82, 2.24) is 10.2 Å². The molecule has 0 aromatic heterocycles. The summed E-state index contributed by atoms with van der Waals surface area (Å²) in [7, 11) is -1.71. The zero-order valence-corrected chi connectivity index (χ0v) is 13.0. The topological polar surface area (TPSA) is 24.1 Å². The Bertz CT molecular complexity index is 157. The van der Waals surface area contributed by atoms with Crippen molar-refractivity contribution in [2.24, 2.45) is 0 Å². The van der Waals surface area contributed by atoms with Gasteiger partial charge in [0.25, 0.3) is 0 Å². The normalized spacial score (nSPS) is 18.0. The van der Waals surface area contributed by atoms with Crippen LogP contribution in [0.1, 0.15) is 41.5 Å². The molecule has 0 aliphatic carbocycles. The molecule has 0 radical (unpaired) electrons. The molecular weight excluding hydrogens is 257 g/mol. The van der Waals surface area contributed by atoms with Crippen molar-refractivity contribution in [3.05, 3.63) is 0 Å². The van der Waals surface area contributed by atoms with Crippen LogP contribution in [0.5, 0.6) is 0 Å². The quantitative estimate of drug-likeness (QED) is 0.725. The van der Waals surface area contributed by atoms with E-state index in [0.29, 0.717) is 0 Å². The van der Waals surface area contributed by atoms with E-state index in [0.717, 1.165) is 0 Å². The van der Waals surface area contributed by atoms with Crippen molar-refractivity contribution >= 4 is 36.7 Å². The Morgan fingerprint density at radius 2 is 0.929 bits per heavy atom. The summed E-state index contributed by atoms with van der Waals surface area (Å²) in [6, 6.07) is 0. The van der Waals surface area contributed by atoms with E-state index in [9.17, 15) is 0 Å². The van der Waals surface area contributed by atoms with E-state index >= 15 is 0 Å². The van der Waals surface area contributed by atoms with Crippen LogP contribution in [0.15, 0.2) is 0 Å². The first-order chi connectivity index (χ1) is 6.01. The van der Waals surface area contributed by atoms with Gasteiger partial charge >= 0.3 is 0 Å². The molecule has 0 heterocycles. The van der Waals surface area contributed by atoms with Gasteiger partial charge in [-0.05, 0) is 41.5 Å². The van der Waals surface area contributed by atoms with E-state index in [2.05, 4.69) is 51.7 Å². The molecule has 6 heteroatoms. The second-order valence-electron chi connectivity index (χ2n) is 5.24. The lowest BCUT2D eigenvalue weighted by Gasteiger charge is -2.30. The fourth-order valence-corrected chi connectivity index (χ4v) is 6.45. The largest absolute Gasteiger partial charge is 0.273 e. The minimum Gasteiger partial charge on any atom is -0.273 e. The van der Waals surface area contributed by atoms with Gasteiger partial charge in [-0.3, -0.25) is 10.2 Å². The molecule has 0 saturated heterocycles. The fraction of sp³-hybridized carbons (Fsp3) is 1.00. The van der Waals surface area contributed by atoms with E-state index in [1.54, 1.807) is 0 Å². The molecular formula is C8H20Cl2N2P2. The number of hydrogen-bond donors (Lipinski definition) is 2. The SMILES string of the molecule is CC(C)(C)NP(Cl)P(Cl)NC(C)(C)C. The second-order valence-corrected chi connectivity index (χ2v) is 12.6. The molecule has 0 aliphatic heterocycles. The number of nitrogens with one attached hydrogen (secondary N) is 2. The fourth-order valence-electron chi connectivity index (χ4n) is 0.641. The van der Waals surface area contributed by atoms with E-state index in [1.807, 2.05) is 0 Å². The monoisotopic (exact) mass is 276 g/mol. The Balaban J connectivity index is 4.07. The number of hydrogen-bond acceptors (Lipinski definition) is 2. The minimum absolute atomic E-state index is 0.0164. The predicted octanol–water partition coefficient (Wildman–Crippen LogP) is 4.78. The van der Waals surface area contributed by atoms with Crippen molar-refractivity contribution in [2.75, 3.05) is 0 Å². The minimum atomic E-state index is -0.853. The zero-order valence-electron chi connectivity index (χ0n) is 9.65. The molecule has 86 valence electrons. The third kappa shape index (κ3) is 8.65. The summed E-state index contributed by atoms with van der Waals surface area (Å²) in [5, 5.41) is 6.61. The molecule has 0 rings (SSSR count). The van der Waals surface area contributed by atoms with E-state index < -0.39 is 14.2 Å². The summed E-state index contributed by atoms with van der Waals surface area (Å²) in [6.07, 6.45) is 0. The summed E-state index contributed by atoms with van der Waals surface area (Å²) in [5.74, 6) is 0. The van der Waals surface area contributed by atoms with Crippen LogP contribution >= 0.6 is 36.7 Å². The van der Waals surface area contributed by atoms with Gasteiger partial charge in [0.1, 0.15) is 14.2 Å². The highest BCUT2D eigenvalue weighted by Gasteiger charge is 2.25. The van der Waals surface area contributed by atoms with Crippen LogP contribution in [-0.2, 0) is 0 Å². The Labute approximate surface area is 99.6 Å². The van der Waals surface area contributed by atoms with Crippen molar-refractivity contribution in [3.63, 3.8) is 0 Å². The summed E-state index contributed by atoms with van der Waals surface area (Å²) < 4.78 is 0. The molecule has 0 bridgehead atoms. The molecule has 2 N–H and O–H groups in total. The van der Waals surface area contributed by atoms with Crippen LogP contribution in [0.4, 0.5) is 0 Å². The Morgan fingerprint density at radius 3 is 1.07 bits per heavy atom. The smallest absolute Gasteiger partial charge is 0.117 e. The first-order valence-electron chi connectivity index (χ1n) is 4.49. The molecule has 2 nitrogen and oxygen atoms in total. The van der Waals surface area contributed by atoms with Gasteiger partial charge in [-0.15, -0.1) is 0 Å². The molecule has 0 aromatic rings. The second kappa shape index (κ2) is 5.62. The highest BCUT2D eigenvalue weighted by molar-refractivity contribution is 8.47. The molecule has 0 fully saturated rings. The number of halogens is 2. The first-order valence-corrected chi connectivity index (χ1v) is 9.68.